The monoisotopic (exact) mass is 599 g/mol. The van der Waals surface area contributed by atoms with Crippen LogP contribution in [0.25, 0.3) is 0 Å². The summed E-state index contributed by atoms with van der Waals surface area (Å²) in [6.45, 7) is 6.47. The fraction of sp³-hybridized carbons (Fsp3) is 0.548. The number of piperidine rings is 1. The number of sulfonamides is 1. The van der Waals surface area contributed by atoms with Crippen LogP contribution in [0.1, 0.15) is 50.7 Å². The zero-order chi connectivity index (χ0) is 30.4. The fourth-order valence-electron chi connectivity index (χ4n) is 5.82. The molecule has 0 bridgehead atoms. The second-order valence-corrected chi connectivity index (χ2v) is 13.9. The lowest BCUT2D eigenvalue weighted by atomic mass is 9.74. The van der Waals surface area contributed by atoms with Crippen molar-refractivity contribution in [2.75, 3.05) is 49.9 Å². The van der Waals surface area contributed by atoms with Crippen LogP contribution in [-0.2, 0) is 36.4 Å². The number of likely N-dealkylation sites (tertiary alicyclic amines) is 1. The molecule has 0 unspecified atom stereocenters. The molecule has 0 saturated carbocycles. The van der Waals surface area contributed by atoms with Crippen LogP contribution in [0.15, 0.2) is 54.6 Å². The van der Waals surface area contributed by atoms with Crippen LogP contribution in [0.5, 0.6) is 0 Å². The number of unbranched alkanes of at least 4 members (excludes halogenated alkanes) is 1. The molecule has 2 amide bonds. The Hall–Kier alpha value is -2.99. The Kier molecular flexibility index (Phi) is 10.3. The van der Waals surface area contributed by atoms with E-state index in [0.717, 1.165) is 29.7 Å². The molecule has 10 nitrogen and oxygen atoms in total. The number of ether oxygens (including phenoxy) is 1. The number of nitrogens with zero attached hydrogens (tertiary/aromatic N) is 2. The van der Waals surface area contributed by atoms with Gasteiger partial charge in [-0.2, -0.15) is 0 Å². The minimum Gasteiger partial charge on any atom is -0.374 e. The van der Waals surface area contributed by atoms with Crippen molar-refractivity contribution in [3.8, 4) is 0 Å². The number of nitrogens with two attached hydrogens (primary N) is 1. The highest BCUT2D eigenvalue weighted by Gasteiger charge is 2.48. The average Bonchev–Trinajstić information content (AvgIpc) is 3.30. The van der Waals surface area contributed by atoms with E-state index in [0.29, 0.717) is 52.2 Å². The largest absolute Gasteiger partial charge is 0.374 e. The number of carbonyl (C=O) groups excluding carboxylic acids is 2. The van der Waals surface area contributed by atoms with Gasteiger partial charge in [0.05, 0.1) is 30.7 Å². The van der Waals surface area contributed by atoms with Crippen molar-refractivity contribution in [1.29, 1.82) is 0 Å². The van der Waals surface area contributed by atoms with Crippen molar-refractivity contribution in [3.05, 3.63) is 65.7 Å². The number of hydrogen-bond acceptors (Lipinski definition) is 7. The highest BCUT2D eigenvalue weighted by atomic mass is 32.2. The first kappa shape index (κ1) is 31.9. The number of carbonyl (C=O) groups is 2. The summed E-state index contributed by atoms with van der Waals surface area (Å²) >= 11 is 0. The first-order valence-corrected chi connectivity index (χ1v) is 16.6. The molecule has 2 aromatic carbocycles. The van der Waals surface area contributed by atoms with E-state index >= 15 is 0 Å². The standard InChI is InChI=1S/C31H45N5O5S/c1-30(2,33-18-10-9-17-32)29(38)34-26(22-41-21-24-11-5-4-6-12-24)28(37)35-19-15-31(16-20-35)23-36(42(3,39)40)27-14-8-7-13-25(27)31/h4-8,11-14,26,33H,9-10,15-23,32H2,1-3H3,(H,34,38)/t26-/m1/s1. The number of anilines is 1. The van der Waals surface area contributed by atoms with Gasteiger partial charge in [0.2, 0.25) is 21.8 Å². The molecule has 2 aliphatic heterocycles. The molecule has 2 aliphatic rings. The summed E-state index contributed by atoms with van der Waals surface area (Å²) < 4.78 is 32.6. The van der Waals surface area contributed by atoms with Crippen LogP contribution in [0.4, 0.5) is 5.69 Å². The highest BCUT2D eigenvalue weighted by Crippen LogP contribution is 2.47. The molecule has 1 saturated heterocycles. The van der Waals surface area contributed by atoms with Gasteiger partial charge in [-0.15, -0.1) is 0 Å². The zero-order valence-corrected chi connectivity index (χ0v) is 25.8. The van der Waals surface area contributed by atoms with Gasteiger partial charge >= 0.3 is 0 Å². The Labute approximate surface area is 250 Å². The molecule has 230 valence electrons. The third-order valence-corrected chi connectivity index (χ3v) is 9.51. The molecular formula is C31H45N5O5S. The van der Waals surface area contributed by atoms with Gasteiger partial charge in [0.1, 0.15) is 6.04 Å². The molecule has 2 aromatic rings. The Morgan fingerprint density at radius 2 is 1.71 bits per heavy atom. The summed E-state index contributed by atoms with van der Waals surface area (Å²) in [4.78, 5) is 29.0. The molecule has 0 aliphatic carbocycles. The summed E-state index contributed by atoms with van der Waals surface area (Å²) in [6.07, 6.45) is 4.20. The molecule has 11 heteroatoms. The smallest absolute Gasteiger partial charge is 0.247 e. The fourth-order valence-corrected chi connectivity index (χ4v) is 6.81. The van der Waals surface area contributed by atoms with E-state index in [4.69, 9.17) is 10.5 Å². The number of nitrogens with one attached hydrogen (secondary N) is 2. The van der Waals surface area contributed by atoms with Crippen LogP contribution < -0.4 is 20.7 Å². The molecule has 4 rings (SSSR count). The zero-order valence-electron chi connectivity index (χ0n) is 25.0. The Morgan fingerprint density at radius 1 is 1.05 bits per heavy atom. The average molecular weight is 600 g/mol. The van der Waals surface area contributed by atoms with E-state index < -0.39 is 21.6 Å². The topological polar surface area (TPSA) is 134 Å². The number of hydrogen-bond donors (Lipinski definition) is 3. The molecule has 2 heterocycles. The highest BCUT2D eigenvalue weighted by molar-refractivity contribution is 7.92. The summed E-state index contributed by atoms with van der Waals surface area (Å²) in [6, 6.07) is 16.5. The van der Waals surface area contributed by atoms with Crippen molar-refractivity contribution >= 4 is 27.5 Å². The minimum absolute atomic E-state index is 0.0368. The van der Waals surface area contributed by atoms with Gasteiger partial charge < -0.3 is 26.0 Å². The Morgan fingerprint density at radius 3 is 2.38 bits per heavy atom. The molecule has 42 heavy (non-hydrogen) atoms. The van der Waals surface area contributed by atoms with E-state index in [2.05, 4.69) is 10.6 Å². The van der Waals surface area contributed by atoms with Gasteiger partial charge in [-0.05, 0) is 69.8 Å². The van der Waals surface area contributed by atoms with E-state index in [9.17, 15) is 18.0 Å². The number of amides is 2. The summed E-state index contributed by atoms with van der Waals surface area (Å²) in [7, 11) is -3.43. The lowest BCUT2D eigenvalue weighted by Gasteiger charge is -2.41. The Balaban J connectivity index is 1.45. The van der Waals surface area contributed by atoms with Gasteiger partial charge in [-0.1, -0.05) is 48.5 Å². The molecule has 1 fully saturated rings. The van der Waals surface area contributed by atoms with Gasteiger partial charge in [0.25, 0.3) is 0 Å². The van der Waals surface area contributed by atoms with Gasteiger partial charge in [0, 0.05) is 25.0 Å². The maximum atomic E-state index is 13.9. The van der Waals surface area contributed by atoms with E-state index in [1.165, 1.54) is 10.6 Å². The third kappa shape index (κ3) is 7.50. The molecule has 0 radical (unpaired) electrons. The van der Waals surface area contributed by atoms with Crippen molar-refractivity contribution in [2.24, 2.45) is 5.73 Å². The van der Waals surface area contributed by atoms with E-state index in [1.54, 1.807) is 18.7 Å². The van der Waals surface area contributed by atoms with Crippen LogP contribution in [-0.4, -0.2) is 82.3 Å². The lowest BCUT2D eigenvalue weighted by molar-refractivity contribution is -0.141. The molecule has 4 N–H and O–H groups in total. The predicted molar refractivity (Wildman–Crippen MR) is 165 cm³/mol. The molecule has 0 aromatic heterocycles. The minimum atomic E-state index is -3.43. The van der Waals surface area contributed by atoms with Crippen molar-refractivity contribution in [1.82, 2.24) is 15.5 Å². The van der Waals surface area contributed by atoms with E-state index in [1.807, 2.05) is 54.6 Å². The number of fused-ring (bicyclic) bond motifs is 2. The number of para-hydroxylation sites is 1. The molecule has 1 spiro atoms. The van der Waals surface area contributed by atoms with Crippen molar-refractivity contribution < 1.29 is 22.7 Å². The number of rotatable bonds is 13. The maximum absolute atomic E-state index is 13.9. The maximum Gasteiger partial charge on any atom is 0.247 e. The lowest BCUT2D eigenvalue weighted by Crippen LogP contribution is -2.60. The van der Waals surface area contributed by atoms with Crippen molar-refractivity contribution in [3.63, 3.8) is 0 Å². The summed E-state index contributed by atoms with van der Waals surface area (Å²) in [5, 5.41) is 6.23. The normalized spacial score (nSPS) is 17.2. The Bertz CT molecular complexity index is 1330. The molecular weight excluding hydrogens is 554 g/mol. The van der Waals surface area contributed by atoms with Crippen LogP contribution >= 0.6 is 0 Å². The van der Waals surface area contributed by atoms with Crippen LogP contribution in [0, 0.1) is 0 Å². The van der Waals surface area contributed by atoms with Crippen LogP contribution in [0.3, 0.4) is 0 Å². The first-order valence-electron chi connectivity index (χ1n) is 14.7. The van der Waals surface area contributed by atoms with Crippen molar-refractivity contribution in [2.45, 2.75) is 63.1 Å². The van der Waals surface area contributed by atoms with Crippen LogP contribution in [0.2, 0.25) is 0 Å². The predicted octanol–water partition coefficient (Wildman–Crippen LogP) is 2.14. The summed E-state index contributed by atoms with van der Waals surface area (Å²) in [5.41, 5.74) is 7.07. The third-order valence-electron chi connectivity index (χ3n) is 8.39. The van der Waals surface area contributed by atoms with Gasteiger partial charge in [0.15, 0.2) is 0 Å². The SMILES string of the molecule is CC(C)(NCCCCN)C(=O)N[C@H](COCc1ccccc1)C(=O)N1CCC2(CC1)CN(S(C)(=O)=O)c1ccccc12. The second-order valence-electron chi connectivity index (χ2n) is 12.0. The summed E-state index contributed by atoms with van der Waals surface area (Å²) in [5.74, 6) is -0.477. The van der Waals surface area contributed by atoms with Gasteiger partial charge in [-0.25, -0.2) is 8.42 Å². The second kappa shape index (κ2) is 13.5. The molecule has 1 atom stereocenters. The first-order chi connectivity index (χ1) is 20.0. The quantitative estimate of drug-likeness (QED) is 0.301. The van der Waals surface area contributed by atoms with Gasteiger partial charge in [-0.3, -0.25) is 13.9 Å². The number of benzene rings is 2. The van der Waals surface area contributed by atoms with E-state index in [-0.39, 0.29) is 23.8 Å².